The fraction of sp³-hybridized carbons (Fsp3) is 0.316. The van der Waals surface area contributed by atoms with E-state index < -0.39 is 10.0 Å². The molecule has 7 nitrogen and oxygen atoms in total. The predicted molar refractivity (Wildman–Crippen MR) is 114 cm³/mol. The number of sulfonamides is 1. The second-order valence-electron chi connectivity index (χ2n) is 5.76. The first-order chi connectivity index (χ1) is 12.8. The van der Waals surface area contributed by atoms with E-state index in [9.17, 15) is 13.2 Å². The monoisotopic (exact) mass is 427 g/mol. The Kier molecular flexibility index (Phi) is 8.74. The van der Waals surface area contributed by atoms with Crippen molar-refractivity contribution in [2.45, 2.75) is 25.7 Å². The largest absolute Gasteiger partial charge is 0.492 e. The summed E-state index contributed by atoms with van der Waals surface area (Å²) in [6.07, 6.45) is 0. The van der Waals surface area contributed by atoms with Crippen molar-refractivity contribution >= 4 is 39.7 Å². The van der Waals surface area contributed by atoms with Crippen molar-refractivity contribution in [2.24, 2.45) is 0 Å². The number of nitrogens with two attached hydrogens (primary N) is 1. The number of carbonyl (C=O) groups is 1. The second kappa shape index (κ2) is 10.3. The number of hydrogen-bond donors (Lipinski definition) is 2. The summed E-state index contributed by atoms with van der Waals surface area (Å²) in [6.45, 7) is 6.33. The lowest BCUT2D eigenvalue weighted by Gasteiger charge is -2.21. The minimum atomic E-state index is -3.75. The number of ether oxygens (including phenoxy) is 1. The van der Waals surface area contributed by atoms with Crippen LogP contribution >= 0.6 is 12.4 Å². The van der Waals surface area contributed by atoms with Crippen molar-refractivity contribution in [3.63, 3.8) is 0 Å². The molecule has 0 fully saturated rings. The fourth-order valence-electron chi connectivity index (χ4n) is 2.65. The average molecular weight is 428 g/mol. The maximum atomic E-state index is 13.0. The Hall–Kier alpha value is -2.29. The molecule has 0 aliphatic carbocycles. The van der Waals surface area contributed by atoms with Gasteiger partial charge in [-0.3, -0.25) is 4.79 Å². The van der Waals surface area contributed by atoms with Crippen LogP contribution in [0.4, 0.5) is 11.4 Å². The average Bonchev–Trinajstić information content (AvgIpc) is 2.63. The first-order valence-electron chi connectivity index (χ1n) is 8.77. The van der Waals surface area contributed by atoms with Gasteiger partial charge in [0.25, 0.3) is 5.91 Å². The number of anilines is 2. The summed E-state index contributed by atoms with van der Waals surface area (Å²) in [5.41, 5.74) is 6.92. The highest BCUT2D eigenvalue weighted by Crippen LogP contribution is 2.30. The highest BCUT2D eigenvalue weighted by atomic mass is 35.5. The van der Waals surface area contributed by atoms with Crippen LogP contribution in [0.15, 0.2) is 47.4 Å². The SMILES string of the molecule is CCOc1ccc(NC(=O)c2cccc(N)c2)cc1S(=O)(=O)N(CC)CC.Cl. The summed E-state index contributed by atoms with van der Waals surface area (Å²) in [5.74, 6) is -0.121. The summed E-state index contributed by atoms with van der Waals surface area (Å²) >= 11 is 0. The first-order valence-corrected chi connectivity index (χ1v) is 10.2. The van der Waals surface area contributed by atoms with Crippen LogP contribution in [0.5, 0.6) is 5.75 Å². The molecule has 1 amide bonds. The van der Waals surface area contributed by atoms with E-state index in [1.807, 2.05) is 0 Å². The summed E-state index contributed by atoms with van der Waals surface area (Å²) in [4.78, 5) is 12.5. The Balaban J connectivity index is 0.00000392. The van der Waals surface area contributed by atoms with Crippen LogP contribution in [0.25, 0.3) is 0 Å². The van der Waals surface area contributed by atoms with Gasteiger partial charge >= 0.3 is 0 Å². The highest BCUT2D eigenvalue weighted by Gasteiger charge is 2.26. The van der Waals surface area contributed by atoms with Crippen LogP contribution in [-0.4, -0.2) is 38.3 Å². The van der Waals surface area contributed by atoms with Crippen LogP contribution in [0.2, 0.25) is 0 Å². The molecule has 0 aromatic heterocycles. The number of nitrogens with one attached hydrogen (secondary N) is 1. The lowest BCUT2D eigenvalue weighted by Crippen LogP contribution is -2.31. The van der Waals surface area contributed by atoms with Crippen molar-refractivity contribution < 1.29 is 17.9 Å². The molecule has 0 aliphatic rings. The minimum absolute atomic E-state index is 0. The molecule has 0 saturated heterocycles. The summed E-state index contributed by atoms with van der Waals surface area (Å²) in [6, 6.07) is 11.1. The molecule has 0 saturated carbocycles. The predicted octanol–water partition coefficient (Wildman–Crippen LogP) is 3.37. The van der Waals surface area contributed by atoms with E-state index in [1.54, 1.807) is 57.2 Å². The first kappa shape index (κ1) is 23.7. The molecule has 3 N–H and O–H groups in total. The van der Waals surface area contributed by atoms with E-state index in [4.69, 9.17) is 10.5 Å². The van der Waals surface area contributed by atoms with Gasteiger partial charge in [0.2, 0.25) is 10.0 Å². The Morgan fingerprint density at radius 3 is 2.36 bits per heavy atom. The number of rotatable bonds is 8. The quantitative estimate of drug-likeness (QED) is 0.629. The molecule has 2 aromatic rings. The Bertz CT molecular complexity index is 915. The van der Waals surface area contributed by atoms with Crippen LogP contribution < -0.4 is 15.8 Å². The molecule has 0 atom stereocenters. The zero-order valence-electron chi connectivity index (χ0n) is 16.1. The molecule has 154 valence electrons. The molecule has 0 radical (unpaired) electrons. The number of amides is 1. The van der Waals surface area contributed by atoms with E-state index in [0.29, 0.717) is 36.6 Å². The molecule has 2 aromatic carbocycles. The van der Waals surface area contributed by atoms with Gasteiger partial charge in [0, 0.05) is 30.0 Å². The zero-order valence-corrected chi connectivity index (χ0v) is 17.8. The number of nitrogen functional groups attached to an aromatic ring is 1. The van der Waals surface area contributed by atoms with Crippen LogP contribution in [0.1, 0.15) is 31.1 Å². The van der Waals surface area contributed by atoms with Crippen LogP contribution in [0, 0.1) is 0 Å². The molecule has 0 unspecified atom stereocenters. The van der Waals surface area contributed by atoms with Gasteiger partial charge in [-0.1, -0.05) is 19.9 Å². The molecule has 9 heteroatoms. The molecular formula is C19H26ClN3O4S. The number of benzene rings is 2. The highest BCUT2D eigenvalue weighted by molar-refractivity contribution is 7.89. The van der Waals surface area contributed by atoms with Gasteiger partial charge in [-0.25, -0.2) is 8.42 Å². The van der Waals surface area contributed by atoms with Crippen molar-refractivity contribution in [3.8, 4) is 5.75 Å². The van der Waals surface area contributed by atoms with E-state index in [2.05, 4.69) is 5.32 Å². The Morgan fingerprint density at radius 1 is 1.11 bits per heavy atom. The van der Waals surface area contributed by atoms with E-state index in [1.165, 1.54) is 10.4 Å². The molecule has 0 heterocycles. The lowest BCUT2D eigenvalue weighted by atomic mass is 10.2. The van der Waals surface area contributed by atoms with E-state index in [-0.39, 0.29) is 29.0 Å². The van der Waals surface area contributed by atoms with Gasteiger partial charge in [-0.05, 0) is 43.3 Å². The summed E-state index contributed by atoms with van der Waals surface area (Å²) in [5, 5.41) is 2.71. The number of halogens is 1. The van der Waals surface area contributed by atoms with Gasteiger partial charge in [0.05, 0.1) is 6.61 Å². The van der Waals surface area contributed by atoms with Gasteiger partial charge in [0.15, 0.2) is 0 Å². The zero-order chi connectivity index (χ0) is 20.0. The maximum Gasteiger partial charge on any atom is 0.255 e. The third kappa shape index (κ3) is 5.37. The smallest absolute Gasteiger partial charge is 0.255 e. The summed E-state index contributed by atoms with van der Waals surface area (Å²) in [7, 11) is -3.75. The minimum Gasteiger partial charge on any atom is -0.492 e. The fourth-order valence-corrected chi connectivity index (χ4v) is 4.26. The van der Waals surface area contributed by atoms with Crippen molar-refractivity contribution in [1.82, 2.24) is 4.31 Å². The third-order valence-corrected chi connectivity index (χ3v) is 6.04. The van der Waals surface area contributed by atoms with Crippen molar-refractivity contribution in [3.05, 3.63) is 48.0 Å². The molecule has 2 rings (SSSR count). The molecule has 28 heavy (non-hydrogen) atoms. The van der Waals surface area contributed by atoms with Gasteiger partial charge < -0.3 is 15.8 Å². The van der Waals surface area contributed by atoms with Crippen LogP contribution in [0.3, 0.4) is 0 Å². The van der Waals surface area contributed by atoms with Crippen LogP contribution in [-0.2, 0) is 10.0 Å². The van der Waals surface area contributed by atoms with Crippen molar-refractivity contribution in [2.75, 3.05) is 30.7 Å². The van der Waals surface area contributed by atoms with E-state index in [0.717, 1.165) is 0 Å². The number of hydrogen-bond acceptors (Lipinski definition) is 5. The molecule has 0 aliphatic heterocycles. The Morgan fingerprint density at radius 2 is 1.79 bits per heavy atom. The molecule has 0 bridgehead atoms. The second-order valence-corrected chi connectivity index (χ2v) is 7.67. The standard InChI is InChI=1S/C19H25N3O4S.ClH/c1-4-22(5-2)27(24,25)18-13-16(10-11-17(18)26-6-3)21-19(23)14-8-7-9-15(20)12-14;/h7-13H,4-6,20H2,1-3H3,(H,21,23);1H. The molecular weight excluding hydrogens is 402 g/mol. The summed E-state index contributed by atoms with van der Waals surface area (Å²) < 4.78 is 32.7. The number of carbonyl (C=O) groups excluding carboxylic acids is 1. The van der Waals surface area contributed by atoms with Crippen molar-refractivity contribution in [1.29, 1.82) is 0 Å². The normalized spacial score (nSPS) is 11.0. The van der Waals surface area contributed by atoms with Gasteiger partial charge in [0.1, 0.15) is 10.6 Å². The Labute approximate surface area is 172 Å². The van der Waals surface area contributed by atoms with Gasteiger partial charge in [-0.2, -0.15) is 4.31 Å². The molecule has 0 spiro atoms. The van der Waals surface area contributed by atoms with E-state index >= 15 is 0 Å². The van der Waals surface area contributed by atoms with Gasteiger partial charge in [-0.15, -0.1) is 12.4 Å². The lowest BCUT2D eigenvalue weighted by molar-refractivity contribution is 0.102. The third-order valence-electron chi connectivity index (χ3n) is 3.97. The topological polar surface area (TPSA) is 102 Å². The maximum absolute atomic E-state index is 13.0. The number of nitrogens with zero attached hydrogens (tertiary/aromatic N) is 1.